The second-order valence-corrected chi connectivity index (χ2v) is 7.30. The number of carbonyl (C=O) groups is 2. The van der Waals surface area contributed by atoms with Crippen LogP contribution in [0.25, 0.3) is 0 Å². The molecule has 0 bridgehead atoms. The molecule has 9 heteroatoms. The van der Waals surface area contributed by atoms with Gasteiger partial charge in [-0.15, -0.1) is 0 Å². The van der Waals surface area contributed by atoms with Gasteiger partial charge in [0.15, 0.2) is 0 Å². The van der Waals surface area contributed by atoms with E-state index in [1.54, 1.807) is 13.8 Å². The van der Waals surface area contributed by atoms with E-state index in [2.05, 4.69) is 10.0 Å². The molecule has 4 N–H and O–H groups in total. The lowest BCUT2D eigenvalue weighted by Gasteiger charge is -2.19. The van der Waals surface area contributed by atoms with E-state index in [-0.39, 0.29) is 16.4 Å². The van der Waals surface area contributed by atoms with Crippen molar-refractivity contribution < 1.29 is 18.0 Å². The smallest absolute Gasteiger partial charge is 0.248 e. The first kappa shape index (κ1) is 19.6. The average molecular weight is 352 g/mol. The van der Waals surface area contributed by atoms with Crippen LogP contribution in [0.1, 0.15) is 31.1 Å². The normalized spacial score (nSPS) is 13.8. The summed E-state index contributed by atoms with van der Waals surface area (Å²) >= 11 is 0. The van der Waals surface area contributed by atoms with Crippen molar-refractivity contribution in [3.8, 4) is 6.07 Å². The minimum absolute atomic E-state index is 0.104. The quantitative estimate of drug-likeness (QED) is 0.638. The van der Waals surface area contributed by atoms with E-state index in [1.807, 2.05) is 6.07 Å². The average Bonchev–Trinajstić information content (AvgIpc) is 2.51. The molecule has 2 amide bonds. The first-order chi connectivity index (χ1) is 11.1. The van der Waals surface area contributed by atoms with Gasteiger partial charge in [0.25, 0.3) is 0 Å². The number of rotatable bonds is 7. The fraction of sp³-hybridized carbons (Fsp3) is 0.400. The van der Waals surface area contributed by atoms with Crippen LogP contribution in [0.2, 0.25) is 0 Å². The number of nitrogens with one attached hydrogen (secondary N) is 2. The molecule has 0 saturated heterocycles. The molecule has 0 aromatic heterocycles. The highest BCUT2D eigenvalue weighted by atomic mass is 32.2. The molecule has 0 aliphatic rings. The van der Waals surface area contributed by atoms with Gasteiger partial charge in [0.2, 0.25) is 21.8 Å². The van der Waals surface area contributed by atoms with E-state index < -0.39 is 33.9 Å². The van der Waals surface area contributed by atoms with E-state index in [0.717, 1.165) is 0 Å². The summed E-state index contributed by atoms with van der Waals surface area (Å²) in [6.07, 6.45) is 0. The SMILES string of the molecule is CC(NS(=O)(=O)c1ccc(C(N)=O)cc1)C(=O)NC(C#N)C(C)C. The number of nitriles is 1. The molecule has 0 saturated carbocycles. The predicted molar refractivity (Wildman–Crippen MR) is 87.1 cm³/mol. The minimum atomic E-state index is -3.96. The summed E-state index contributed by atoms with van der Waals surface area (Å²) in [6.45, 7) is 4.91. The number of hydrogen-bond acceptors (Lipinski definition) is 5. The van der Waals surface area contributed by atoms with Crippen molar-refractivity contribution in [1.29, 1.82) is 5.26 Å². The van der Waals surface area contributed by atoms with Crippen LogP contribution in [0.15, 0.2) is 29.2 Å². The first-order valence-corrected chi connectivity index (χ1v) is 8.69. The molecule has 0 spiro atoms. The van der Waals surface area contributed by atoms with Crippen molar-refractivity contribution in [3.05, 3.63) is 29.8 Å². The fourth-order valence-corrected chi connectivity index (χ4v) is 2.98. The summed E-state index contributed by atoms with van der Waals surface area (Å²) in [6, 6.07) is 5.18. The highest BCUT2D eigenvalue weighted by Crippen LogP contribution is 2.11. The van der Waals surface area contributed by atoms with Gasteiger partial charge in [-0.05, 0) is 37.1 Å². The van der Waals surface area contributed by atoms with Crippen LogP contribution < -0.4 is 15.8 Å². The second kappa shape index (κ2) is 7.90. The highest BCUT2D eigenvalue weighted by Gasteiger charge is 2.24. The van der Waals surface area contributed by atoms with Gasteiger partial charge in [-0.3, -0.25) is 9.59 Å². The molecular weight excluding hydrogens is 332 g/mol. The van der Waals surface area contributed by atoms with Crippen molar-refractivity contribution in [3.63, 3.8) is 0 Å². The fourth-order valence-electron chi connectivity index (χ4n) is 1.78. The third-order valence-electron chi connectivity index (χ3n) is 3.28. The second-order valence-electron chi connectivity index (χ2n) is 5.59. The topological polar surface area (TPSA) is 142 Å². The van der Waals surface area contributed by atoms with Crippen molar-refractivity contribution in [2.45, 2.75) is 37.8 Å². The van der Waals surface area contributed by atoms with Crippen molar-refractivity contribution in [2.75, 3.05) is 0 Å². The first-order valence-electron chi connectivity index (χ1n) is 7.20. The molecule has 0 fully saturated rings. The molecule has 2 unspecified atom stereocenters. The monoisotopic (exact) mass is 352 g/mol. The number of sulfonamides is 1. The number of hydrogen-bond donors (Lipinski definition) is 3. The zero-order valence-electron chi connectivity index (χ0n) is 13.6. The van der Waals surface area contributed by atoms with Gasteiger partial charge in [-0.1, -0.05) is 13.8 Å². The summed E-state index contributed by atoms with van der Waals surface area (Å²) < 4.78 is 26.7. The van der Waals surface area contributed by atoms with Gasteiger partial charge < -0.3 is 11.1 Å². The molecular formula is C15H20N4O4S. The number of primary amides is 1. The molecule has 1 aromatic carbocycles. The Hall–Kier alpha value is -2.44. The van der Waals surface area contributed by atoms with Crippen LogP contribution >= 0.6 is 0 Å². The number of amides is 2. The molecule has 2 atom stereocenters. The third kappa shape index (κ3) is 5.04. The van der Waals surface area contributed by atoms with Crippen molar-refractivity contribution in [1.82, 2.24) is 10.0 Å². The molecule has 0 radical (unpaired) electrons. The summed E-state index contributed by atoms with van der Waals surface area (Å²) in [5.41, 5.74) is 5.27. The zero-order valence-corrected chi connectivity index (χ0v) is 14.4. The van der Waals surface area contributed by atoms with Crippen LogP contribution in [-0.2, 0) is 14.8 Å². The van der Waals surface area contributed by atoms with Crippen LogP contribution in [0.4, 0.5) is 0 Å². The molecule has 1 rings (SSSR count). The predicted octanol–water partition coefficient (Wildman–Crippen LogP) is 0.117. The standard InChI is InChI=1S/C15H20N4O4S/c1-9(2)13(8-16)18-15(21)10(3)19-24(22,23)12-6-4-11(5-7-12)14(17)20/h4-7,9-10,13,19H,1-3H3,(H2,17,20)(H,18,21). The van der Waals surface area contributed by atoms with E-state index in [4.69, 9.17) is 11.0 Å². The van der Waals surface area contributed by atoms with Crippen LogP contribution in [0, 0.1) is 17.2 Å². The highest BCUT2D eigenvalue weighted by molar-refractivity contribution is 7.89. The largest absolute Gasteiger partial charge is 0.366 e. The number of nitrogens with two attached hydrogens (primary N) is 1. The Bertz CT molecular complexity index is 751. The maximum atomic E-state index is 12.2. The lowest BCUT2D eigenvalue weighted by Crippen LogP contribution is -2.48. The van der Waals surface area contributed by atoms with E-state index >= 15 is 0 Å². The maximum Gasteiger partial charge on any atom is 0.248 e. The van der Waals surface area contributed by atoms with Gasteiger partial charge in [-0.25, -0.2) is 8.42 Å². The Labute approximate surface area is 141 Å². The van der Waals surface area contributed by atoms with Crippen molar-refractivity contribution in [2.24, 2.45) is 11.7 Å². The lowest BCUT2D eigenvalue weighted by molar-refractivity contribution is -0.122. The molecule has 24 heavy (non-hydrogen) atoms. The van der Waals surface area contributed by atoms with Gasteiger partial charge in [0, 0.05) is 5.56 Å². The lowest BCUT2D eigenvalue weighted by atomic mass is 10.1. The van der Waals surface area contributed by atoms with E-state index in [1.165, 1.54) is 31.2 Å². The van der Waals surface area contributed by atoms with Gasteiger partial charge in [-0.2, -0.15) is 9.98 Å². The molecule has 0 aliphatic carbocycles. The van der Waals surface area contributed by atoms with E-state index in [9.17, 15) is 18.0 Å². The van der Waals surface area contributed by atoms with Crippen LogP contribution in [-0.4, -0.2) is 32.3 Å². The summed E-state index contributed by atoms with van der Waals surface area (Å²) in [5, 5.41) is 11.4. The van der Waals surface area contributed by atoms with E-state index in [0.29, 0.717) is 0 Å². The van der Waals surface area contributed by atoms with Gasteiger partial charge >= 0.3 is 0 Å². The van der Waals surface area contributed by atoms with Crippen LogP contribution in [0.3, 0.4) is 0 Å². The summed E-state index contributed by atoms with van der Waals surface area (Å²) in [7, 11) is -3.96. The molecule has 130 valence electrons. The molecule has 1 aromatic rings. The van der Waals surface area contributed by atoms with Crippen molar-refractivity contribution >= 4 is 21.8 Å². The molecule has 0 aliphatic heterocycles. The zero-order chi connectivity index (χ0) is 18.5. The Kier molecular flexibility index (Phi) is 6.45. The Morgan fingerprint density at radius 1 is 1.17 bits per heavy atom. The summed E-state index contributed by atoms with van der Waals surface area (Å²) in [5.74, 6) is -1.38. The Morgan fingerprint density at radius 3 is 2.12 bits per heavy atom. The van der Waals surface area contributed by atoms with Gasteiger partial charge in [0.05, 0.1) is 17.0 Å². The maximum absolute atomic E-state index is 12.2. The summed E-state index contributed by atoms with van der Waals surface area (Å²) in [4.78, 5) is 22.9. The van der Waals surface area contributed by atoms with Crippen LogP contribution in [0.5, 0.6) is 0 Å². The van der Waals surface area contributed by atoms with Gasteiger partial charge in [0.1, 0.15) is 6.04 Å². The Morgan fingerprint density at radius 2 is 1.71 bits per heavy atom. The molecule has 0 heterocycles. The number of benzene rings is 1. The molecule has 8 nitrogen and oxygen atoms in total. The number of carbonyl (C=O) groups excluding carboxylic acids is 2. The number of nitrogens with zero attached hydrogens (tertiary/aromatic N) is 1. The Balaban J connectivity index is 2.84. The minimum Gasteiger partial charge on any atom is -0.366 e. The third-order valence-corrected chi connectivity index (χ3v) is 4.83.